The van der Waals surface area contributed by atoms with E-state index < -0.39 is 5.91 Å². The molecule has 15 heavy (non-hydrogen) atoms. The number of aryl methyl sites for hydroxylation is 1. The number of rotatable bonds is 5. The maximum Gasteiger partial charge on any atom is 0.262 e. The van der Waals surface area contributed by atoms with Crippen LogP contribution in [-0.2, 0) is 17.8 Å². The lowest BCUT2D eigenvalue weighted by molar-refractivity contribution is -0.112. The number of benzene rings is 1. The minimum Gasteiger partial charge on any atom is -0.365 e. The van der Waals surface area contributed by atoms with Crippen LogP contribution in [0.15, 0.2) is 24.3 Å². The Bertz CT molecular complexity index is 357. The number of hydrogen-bond donors (Lipinski definition) is 3. The summed E-state index contributed by atoms with van der Waals surface area (Å²) in [5.41, 5.74) is 12.6. The molecule has 1 aromatic carbocycles. The quantitative estimate of drug-likeness (QED) is 0.613. The van der Waals surface area contributed by atoms with Crippen molar-refractivity contribution in [2.75, 3.05) is 0 Å². The lowest BCUT2D eigenvalue weighted by Crippen LogP contribution is -2.22. The van der Waals surface area contributed by atoms with Gasteiger partial charge in [-0.05, 0) is 24.0 Å². The minimum atomic E-state index is -0.645. The molecule has 1 aromatic rings. The molecule has 0 unspecified atom stereocenters. The second-order valence-corrected chi connectivity index (χ2v) is 3.36. The Hall–Kier alpha value is -1.68. The predicted octanol–water partition coefficient (Wildman–Crippen LogP) is 0.583. The Morgan fingerprint density at radius 2 is 1.73 bits per heavy atom. The van der Waals surface area contributed by atoms with Gasteiger partial charge in [0.15, 0.2) is 0 Å². The smallest absolute Gasteiger partial charge is 0.262 e. The summed E-state index contributed by atoms with van der Waals surface area (Å²) in [6, 6.07) is 7.80. The van der Waals surface area contributed by atoms with Crippen molar-refractivity contribution >= 4 is 11.6 Å². The van der Waals surface area contributed by atoms with Gasteiger partial charge in [0.1, 0.15) is 0 Å². The van der Waals surface area contributed by atoms with Gasteiger partial charge in [0.2, 0.25) is 0 Å². The third kappa shape index (κ3) is 3.52. The number of amides is 1. The average Bonchev–Trinajstić information content (AvgIpc) is 2.26. The van der Waals surface area contributed by atoms with Crippen LogP contribution in [0.2, 0.25) is 0 Å². The van der Waals surface area contributed by atoms with E-state index in [2.05, 4.69) is 0 Å². The molecular weight excluding hydrogens is 190 g/mol. The number of carbonyl (C=O) groups excluding carboxylic acids is 1. The van der Waals surface area contributed by atoms with Crippen LogP contribution in [0.4, 0.5) is 0 Å². The zero-order valence-corrected chi connectivity index (χ0v) is 8.49. The van der Waals surface area contributed by atoms with Crippen molar-refractivity contribution in [3.05, 3.63) is 35.4 Å². The van der Waals surface area contributed by atoms with E-state index >= 15 is 0 Å². The van der Waals surface area contributed by atoms with Gasteiger partial charge in [-0.25, -0.2) is 0 Å². The van der Waals surface area contributed by atoms with Crippen molar-refractivity contribution < 1.29 is 4.79 Å². The molecule has 5 N–H and O–H groups in total. The summed E-state index contributed by atoms with van der Waals surface area (Å²) < 4.78 is 0. The summed E-state index contributed by atoms with van der Waals surface area (Å²) in [6.07, 6.45) is 1.05. The van der Waals surface area contributed by atoms with Gasteiger partial charge < -0.3 is 11.5 Å². The Labute approximate surface area is 88.8 Å². The molecule has 0 aliphatic carbocycles. The molecule has 4 heteroatoms. The Morgan fingerprint density at radius 1 is 1.20 bits per heavy atom. The molecule has 1 amide bonds. The summed E-state index contributed by atoms with van der Waals surface area (Å²) in [5, 5.41) is 7.28. The topological polar surface area (TPSA) is 93.0 Å². The van der Waals surface area contributed by atoms with Crippen LogP contribution in [0.1, 0.15) is 17.5 Å². The normalized spacial score (nSPS) is 9.93. The van der Waals surface area contributed by atoms with Crippen LogP contribution in [0.5, 0.6) is 0 Å². The zero-order chi connectivity index (χ0) is 11.3. The molecular formula is C11H15N3O. The minimum absolute atomic E-state index is 0.0297. The number of hydrogen-bond acceptors (Lipinski definition) is 3. The summed E-state index contributed by atoms with van der Waals surface area (Å²) in [5.74, 6) is -0.645. The van der Waals surface area contributed by atoms with E-state index in [1.165, 1.54) is 0 Å². The molecule has 0 atom stereocenters. The Balaban J connectivity index is 2.51. The van der Waals surface area contributed by atoms with E-state index in [-0.39, 0.29) is 5.71 Å². The number of carbonyl (C=O) groups is 1. The maximum absolute atomic E-state index is 10.6. The van der Waals surface area contributed by atoms with Gasteiger partial charge in [0.25, 0.3) is 5.91 Å². The number of nitrogens with one attached hydrogen (secondary N) is 1. The van der Waals surface area contributed by atoms with Gasteiger partial charge in [-0.1, -0.05) is 24.3 Å². The second kappa shape index (κ2) is 5.26. The van der Waals surface area contributed by atoms with Crippen molar-refractivity contribution in [1.29, 1.82) is 5.41 Å². The van der Waals surface area contributed by atoms with Crippen molar-refractivity contribution in [1.82, 2.24) is 0 Å². The monoisotopic (exact) mass is 205 g/mol. The second-order valence-electron chi connectivity index (χ2n) is 3.36. The predicted molar refractivity (Wildman–Crippen MR) is 59.6 cm³/mol. The van der Waals surface area contributed by atoms with E-state index in [1.54, 1.807) is 0 Å². The Morgan fingerprint density at radius 3 is 2.20 bits per heavy atom. The van der Waals surface area contributed by atoms with Gasteiger partial charge in [0, 0.05) is 6.54 Å². The van der Waals surface area contributed by atoms with Crippen LogP contribution in [0.3, 0.4) is 0 Å². The summed E-state index contributed by atoms with van der Waals surface area (Å²) >= 11 is 0. The molecule has 0 bridgehead atoms. The molecule has 80 valence electrons. The molecule has 0 saturated carbocycles. The zero-order valence-electron chi connectivity index (χ0n) is 8.49. The van der Waals surface area contributed by atoms with Gasteiger partial charge in [-0.2, -0.15) is 0 Å². The third-order valence-electron chi connectivity index (χ3n) is 2.22. The molecule has 0 radical (unpaired) electrons. The highest BCUT2D eigenvalue weighted by molar-refractivity contribution is 6.36. The molecule has 0 saturated heterocycles. The van der Waals surface area contributed by atoms with E-state index in [0.29, 0.717) is 19.4 Å². The highest BCUT2D eigenvalue weighted by Crippen LogP contribution is 2.06. The fourth-order valence-electron chi connectivity index (χ4n) is 1.23. The molecule has 0 spiro atoms. The summed E-state index contributed by atoms with van der Waals surface area (Å²) in [4.78, 5) is 10.6. The molecule has 0 heterocycles. The molecule has 0 aliphatic rings. The first-order valence-electron chi connectivity index (χ1n) is 4.78. The Kier molecular flexibility index (Phi) is 4.00. The van der Waals surface area contributed by atoms with Gasteiger partial charge in [-0.3, -0.25) is 10.2 Å². The highest BCUT2D eigenvalue weighted by atomic mass is 16.1. The third-order valence-corrected chi connectivity index (χ3v) is 2.22. The molecule has 1 rings (SSSR count). The van der Waals surface area contributed by atoms with Crippen LogP contribution >= 0.6 is 0 Å². The van der Waals surface area contributed by atoms with Crippen LogP contribution < -0.4 is 11.5 Å². The van der Waals surface area contributed by atoms with E-state index in [0.717, 1.165) is 11.1 Å². The first kappa shape index (κ1) is 11.4. The number of primary amides is 1. The van der Waals surface area contributed by atoms with Crippen LogP contribution in [-0.4, -0.2) is 11.6 Å². The van der Waals surface area contributed by atoms with Crippen molar-refractivity contribution in [2.24, 2.45) is 11.5 Å². The standard InChI is InChI=1S/C11H15N3O/c12-7-9-3-1-8(2-4-9)5-6-10(13)11(14)15/h1-4,13H,5-7,12H2,(H2,14,15). The first-order chi connectivity index (χ1) is 7.13. The largest absolute Gasteiger partial charge is 0.365 e. The van der Waals surface area contributed by atoms with Crippen LogP contribution in [0, 0.1) is 5.41 Å². The van der Waals surface area contributed by atoms with Gasteiger partial charge in [0.05, 0.1) is 5.71 Å². The van der Waals surface area contributed by atoms with E-state index in [4.69, 9.17) is 16.9 Å². The molecule has 0 fully saturated rings. The fraction of sp³-hybridized carbons (Fsp3) is 0.273. The average molecular weight is 205 g/mol. The number of nitrogens with two attached hydrogens (primary N) is 2. The molecule has 0 aliphatic heterocycles. The van der Waals surface area contributed by atoms with Crippen molar-refractivity contribution in [2.45, 2.75) is 19.4 Å². The molecule has 0 aromatic heterocycles. The van der Waals surface area contributed by atoms with Crippen LogP contribution in [0.25, 0.3) is 0 Å². The summed E-state index contributed by atoms with van der Waals surface area (Å²) in [6.45, 7) is 0.525. The van der Waals surface area contributed by atoms with Crippen molar-refractivity contribution in [3.8, 4) is 0 Å². The SMILES string of the molecule is N=C(CCc1ccc(CN)cc1)C(N)=O. The highest BCUT2D eigenvalue weighted by Gasteiger charge is 2.04. The first-order valence-corrected chi connectivity index (χ1v) is 4.78. The van der Waals surface area contributed by atoms with Gasteiger partial charge >= 0.3 is 0 Å². The summed E-state index contributed by atoms with van der Waals surface area (Å²) in [7, 11) is 0. The lowest BCUT2D eigenvalue weighted by Gasteiger charge is -2.02. The van der Waals surface area contributed by atoms with Crippen molar-refractivity contribution in [3.63, 3.8) is 0 Å². The van der Waals surface area contributed by atoms with Gasteiger partial charge in [-0.15, -0.1) is 0 Å². The fourth-order valence-corrected chi connectivity index (χ4v) is 1.23. The molecule has 4 nitrogen and oxygen atoms in total. The maximum atomic E-state index is 10.6. The van der Waals surface area contributed by atoms with E-state index in [1.807, 2.05) is 24.3 Å². The lowest BCUT2D eigenvalue weighted by atomic mass is 10.1. The van der Waals surface area contributed by atoms with E-state index in [9.17, 15) is 4.79 Å².